The zero-order chi connectivity index (χ0) is 18.0. The number of fused-ring (bicyclic) bond motifs is 1. The fraction of sp³-hybridized carbons (Fsp3) is 0.333. The van der Waals surface area contributed by atoms with Crippen molar-refractivity contribution in [3.05, 3.63) is 46.7 Å². The van der Waals surface area contributed by atoms with Crippen LogP contribution in [0.4, 0.5) is 0 Å². The first-order valence-corrected chi connectivity index (χ1v) is 8.82. The zero-order valence-electron chi connectivity index (χ0n) is 14.7. The van der Waals surface area contributed by atoms with Gasteiger partial charge in [-0.3, -0.25) is 9.20 Å². The number of hydrogen-bond donors (Lipinski definition) is 1. The maximum Gasteiger partial charge on any atom is 0.226 e. The Morgan fingerprint density at radius 2 is 2.04 bits per heavy atom. The SMILES string of the molecule is COc1cc(C)c(C(C)NC(=O)Cc2cn3ccsc3n2)cc1OC. The average molecular weight is 359 g/mol. The Labute approximate surface area is 150 Å². The Morgan fingerprint density at radius 1 is 1.32 bits per heavy atom. The zero-order valence-corrected chi connectivity index (χ0v) is 15.5. The molecule has 132 valence electrons. The number of benzene rings is 1. The molecule has 1 N–H and O–H groups in total. The molecule has 6 nitrogen and oxygen atoms in total. The molecule has 2 heterocycles. The molecular formula is C18H21N3O3S. The number of nitrogens with one attached hydrogen (secondary N) is 1. The van der Waals surface area contributed by atoms with Crippen molar-refractivity contribution in [2.45, 2.75) is 26.3 Å². The van der Waals surface area contributed by atoms with Gasteiger partial charge >= 0.3 is 0 Å². The summed E-state index contributed by atoms with van der Waals surface area (Å²) in [6.45, 7) is 3.95. The van der Waals surface area contributed by atoms with E-state index in [2.05, 4.69) is 10.3 Å². The number of nitrogens with zero attached hydrogens (tertiary/aromatic N) is 2. The van der Waals surface area contributed by atoms with Crippen LogP contribution in [0.1, 0.15) is 29.8 Å². The molecule has 1 aromatic carbocycles. The molecule has 1 amide bonds. The Kier molecular flexibility index (Phi) is 4.94. The second-order valence-electron chi connectivity index (χ2n) is 5.85. The second kappa shape index (κ2) is 7.14. The molecule has 0 radical (unpaired) electrons. The van der Waals surface area contributed by atoms with Gasteiger partial charge in [0.25, 0.3) is 0 Å². The summed E-state index contributed by atoms with van der Waals surface area (Å²) in [6, 6.07) is 3.68. The third-order valence-corrected chi connectivity index (χ3v) is 4.87. The number of carbonyl (C=O) groups excluding carboxylic acids is 1. The first kappa shape index (κ1) is 17.3. The van der Waals surface area contributed by atoms with E-state index >= 15 is 0 Å². The topological polar surface area (TPSA) is 64.9 Å². The smallest absolute Gasteiger partial charge is 0.226 e. The van der Waals surface area contributed by atoms with Crippen molar-refractivity contribution in [3.63, 3.8) is 0 Å². The number of methoxy groups -OCH3 is 2. The van der Waals surface area contributed by atoms with E-state index in [9.17, 15) is 4.79 Å². The highest BCUT2D eigenvalue weighted by Crippen LogP contribution is 2.32. The van der Waals surface area contributed by atoms with Gasteiger partial charge in [0.1, 0.15) is 0 Å². The monoisotopic (exact) mass is 359 g/mol. The first-order valence-electron chi connectivity index (χ1n) is 7.94. The number of aryl methyl sites for hydroxylation is 1. The largest absolute Gasteiger partial charge is 0.493 e. The van der Waals surface area contributed by atoms with E-state index in [-0.39, 0.29) is 18.4 Å². The molecular weight excluding hydrogens is 338 g/mol. The van der Waals surface area contributed by atoms with E-state index in [4.69, 9.17) is 9.47 Å². The second-order valence-corrected chi connectivity index (χ2v) is 6.73. The maximum absolute atomic E-state index is 12.4. The molecule has 0 aliphatic carbocycles. The summed E-state index contributed by atoms with van der Waals surface area (Å²) in [5, 5.41) is 5.00. The Hall–Kier alpha value is -2.54. The molecule has 25 heavy (non-hydrogen) atoms. The molecule has 3 rings (SSSR count). The van der Waals surface area contributed by atoms with Crippen LogP contribution >= 0.6 is 11.3 Å². The molecule has 1 atom stereocenters. The maximum atomic E-state index is 12.4. The van der Waals surface area contributed by atoms with Gasteiger partial charge in [-0.25, -0.2) is 4.98 Å². The molecule has 7 heteroatoms. The van der Waals surface area contributed by atoms with Gasteiger partial charge in [-0.05, 0) is 37.1 Å². The lowest BCUT2D eigenvalue weighted by Crippen LogP contribution is -2.28. The molecule has 0 fully saturated rings. The minimum absolute atomic E-state index is 0.0626. The standard InChI is InChI=1S/C18H21N3O3S/c1-11-7-15(23-3)16(24-4)9-14(11)12(2)19-17(22)8-13-10-21-5-6-25-18(21)20-13/h5-7,9-10,12H,8H2,1-4H3,(H,19,22). The van der Waals surface area contributed by atoms with Crippen LogP contribution in [0.2, 0.25) is 0 Å². The lowest BCUT2D eigenvalue weighted by Gasteiger charge is -2.19. The lowest BCUT2D eigenvalue weighted by molar-refractivity contribution is -0.121. The molecule has 2 aromatic heterocycles. The van der Waals surface area contributed by atoms with Crippen molar-refractivity contribution in [1.82, 2.24) is 14.7 Å². The molecule has 0 bridgehead atoms. The normalized spacial score (nSPS) is 12.2. The van der Waals surface area contributed by atoms with E-state index in [1.807, 2.05) is 48.2 Å². The third-order valence-electron chi connectivity index (χ3n) is 4.10. The molecule has 0 saturated carbocycles. The molecule has 3 aromatic rings. The minimum Gasteiger partial charge on any atom is -0.493 e. The fourth-order valence-corrected chi connectivity index (χ4v) is 3.58. The first-order chi connectivity index (χ1) is 12.0. The van der Waals surface area contributed by atoms with Gasteiger partial charge in [0.05, 0.1) is 32.4 Å². The van der Waals surface area contributed by atoms with Crippen LogP contribution in [-0.4, -0.2) is 29.5 Å². The summed E-state index contributed by atoms with van der Waals surface area (Å²) in [7, 11) is 3.21. The number of aromatic nitrogens is 2. The van der Waals surface area contributed by atoms with Gasteiger partial charge in [0.2, 0.25) is 5.91 Å². The number of imidazole rings is 1. The summed E-state index contributed by atoms with van der Waals surface area (Å²) in [5.74, 6) is 1.27. The van der Waals surface area contributed by atoms with Crippen molar-refractivity contribution in [2.24, 2.45) is 0 Å². The third kappa shape index (κ3) is 3.61. The van der Waals surface area contributed by atoms with Crippen molar-refractivity contribution in [3.8, 4) is 11.5 Å². The van der Waals surface area contributed by atoms with Crippen molar-refractivity contribution in [1.29, 1.82) is 0 Å². The molecule has 0 saturated heterocycles. The number of amides is 1. The Bertz CT molecular complexity index is 872. The Morgan fingerprint density at radius 3 is 2.72 bits per heavy atom. The number of ether oxygens (including phenoxy) is 2. The van der Waals surface area contributed by atoms with Crippen LogP contribution < -0.4 is 14.8 Å². The van der Waals surface area contributed by atoms with Crippen LogP contribution in [0.25, 0.3) is 4.96 Å². The number of carbonyl (C=O) groups is 1. The van der Waals surface area contributed by atoms with Crippen LogP contribution in [0, 0.1) is 6.92 Å². The van der Waals surface area contributed by atoms with E-state index in [0.29, 0.717) is 11.5 Å². The molecule has 0 aliphatic heterocycles. The predicted molar refractivity (Wildman–Crippen MR) is 97.6 cm³/mol. The predicted octanol–water partition coefficient (Wildman–Crippen LogP) is 3.14. The summed E-state index contributed by atoms with van der Waals surface area (Å²) in [6.07, 6.45) is 4.08. The van der Waals surface area contributed by atoms with Crippen molar-refractivity contribution >= 4 is 22.2 Å². The molecule has 1 unspecified atom stereocenters. The average Bonchev–Trinajstić information content (AvgIpc) is 3.15. The minimum atomic E-state index is -0.143. The highest BCUT2D eigenvalue weighted by atomic mass is 32.1. The van der Waals surface area contributed by atoms with Gasteiger partial charge in [-0.1, -0.05) is 0 Å². The van der Waals surface area contributed by atoms with E-state index in [1.54, 1.807) is 25.6 Å². The van der Waals surface area contributed by atoms with Crippen LogP contribution in [0.5, 0.6) is 11.5 Å². The van der Waals surface area contributed by atoms with E-state index in [0.717, 1.165) is 21.8 Å². The van der Waals surface area contributed by atoms with Gasteiger partial charge < -0.3 is 14.8 Å². The van der Waals surface area contributed by atoms with Crippen molar-refractivity contribution in [2.75, 3.05) is 14.2 Å². The Balaban J connectivity index is 1.71. The highest BCUT2D eigenvalue weighted by molar-refractivity contribution is 7.15. The highest BCUT2D eigenvalue weighted by Gasteiger charge is 2.17. The van der Waals surface area contributed by atoms with Gasteiger partial charge in [0, 0.05) is 17.8 Å². The summed E-state index contributed by atoms with van der Waals surface area (Å²) in [4.78, 5) is 17.7. The summed E-state index contributed by atoms with van der Waals surface area (Å²) < 4.78 is 12.6. The van der Waals surface area contributed by atoms with Gasteiger partial charge in [-0.2, -0.15) is 0 Å². The molecule has 0 aliphatic rings. The summed E-state index contributed by atoms with van der Waals surface area (Å²) in [5.41, 5.74) is 2.80. The van der Waals surface area contributed by atoms with E-state index in [1.165, 1.54) is 0 Å². The number of rotatable bonds is 6. The van der Waals surface area contributed by atoms with Crippen LogP contribution in [0.15, 0.2) is 29.9 Å². The van der Waals surface area contributed by atoms with Crippen LogP contribution in [-0.2, 0) is 11.2 Å². The van der Waals surface area contributed by atoms with Gasteiger partial charge in [-0.15, -0.1) is 11.3 Å². The number of thiazole rings is 1. The van der Waals surface area contributed by atoms with Gasteiger partial charge in [0.15, 0.2) is 16.5 Å². The fourth-order valence-electron chi connectivity index (χ4n) is 2.86. The number of hydrogen-bond acceptors (Lipinski definition) is 5. The quantitative estimate of drug-likeness (QED) is 0.734. The summed E-state index contributed by atoms with van der Waals surface area (Å²) >= 11 is 1.55. The van der Waals surface area contributed by atoms with Crippen molar-refractivity contribution < 1.29 is 14.3 Å². The van der Waals surface area contributed by atoms with Crippen LogP contribution in [0.3, 0.4) is 0 Å². The lowest BCUT2D eigenvalue weighted by atomic mass is 10.0. The van der Waals surface area contributed by atoms with E-state index < -0.39 is 0 Å². The molecule has 0 spiro atoms.